The smallest absolute Gasteiger partial charge is 0.236 e. The zero-order valence-electron chi connectivity index (χ0n) is 12.2. The minimum absolute atomic E-state index is 0.0614. The Bertz CT molecular complexity index is 786. The van der Waals surface area contributed by atoms with Crippen LogP contribution in [0.25, 0.3) is 0 Å². The van der Waals surface area contributed by atoms with Crippen molar-refractivity contribution in [3.05, 3.63) is 53.6 Å². The molecule has 3 rings (SSSR count). The van der Waals surface area contributed by atoms with E-state index >= 15 is 0 Å². The zero-order chi connectivity index (χ0) is 15.6. The van der Waals surface area contributed by atoms with Gasteiger partial charge in [-0.05, 0) is 30.2 Å². The molecule has 0 aromatic heterocycles. The lowest BCUT2D eigenvalue weighted by Gasteiger charge is -2.19. The lowest BCUT2D eigenvalue weighted by Crippen LogP contribution is -2.17. The molecule has 0 atom stereocenters. The molecule has 5 nitrogen and oxygen atoms in total. The summed E-state index contributed by atoms with van der Waals surface area (Å²) in [5.41, 5.74) is 2.21. The Kier molecular flexibility index (Phi) is 3.94. The molecule has 116 valence electrons. The summed E-state index contributed by atoms with van der Waals surface area (Å²) in [6.07, 6.45) is 0. The van der Waals surface area contributed by atoms with E-state index in [1.807, 2.05) is 31.2 Å². The lowest BCUT2D eigenvalue weighted by molar-refractivity contribution is 0.171. The average Bonchev–Trinajstić information content (AvgIpc) is 2.49. The lowest BCUT2D eigenvalue weighted by atomic mass is 10.1. The summed E-state index contributed by atoms with van der Waals surface area (Å²) in [5, 5.41) is 0. The van der Waals surface area contributed by atoms with Crippen LogP contribution in [0, 0.1) is 6.92 Å². The number of aryl methyl sites for hydroxylation is 1. The van der Waals surface area contributed by atoms with Crippen LogP contribution >= 0.6 is 0 Å². The van der Waals surface area contributed by atoms with Crippen LogP contribution in [0.2, 0.25) is 0 Å². The first kappa shape index (κ1) is 14.7. The molecular weight excluding hydrogens is 302 g/mol. The second-order valence-electron chi connectivity index (χ2n) is 5.15. The quantitative estimate of drug-likeness (QED) is 0.941. The van der Waals surface area contributed by atoms with E-state index < -0.39 is 10.0 Å². The molecule has 0 unspecified atom stereocenters. The predicted octanol–water partition coefficient (Wildman–Crippen LogP) is 2.71. The first-order valence-corrected chi connectivity index (χ1v) is 8.63. The SMILES string of the molecule is Cc1ccccc1CS(=O)(=O)Nc1ccc2c(c1)OCCO2. The van der Waals surface area contributed by atoms with E-state index in [0.29, 0.717) is 30.4 Å². The van der Waals surface area contributed by atoms with Gasteiger partial charge in [0.2, 0.25) is 10.0 Å². The summed E-state index contributed by atoms with van der Waals surface area (Å²) >= 11 is 0. The monoisotopic (exact) mass is 319 g/mol. The Morgan fingerprint density at radius 1 is 1.05 bits per heavy atom. The maximum absolute atomic E-state index is 12.3. The minimum Gasteiger partial charge on any atom is -0.486 e. The maximum atomic E-state index is 12.3. The molecule has 0 radical (unpaired) electrons. The van der Waals surface area contributed by atoms with Gasteiger partial charge in [-0.3, -0.25) is 4.72 Å². The van der Waals surface area contributed by atoms with Crippen LogP contribution in [0.5, 0.6) is 11.5 Å². The van der Waals surface area contributed by atoms with Gasteiger partial charge in [-0.25, -0.2) is 8.42 Å². The van der Waals surface area contributed by atoms with Crippen molar-refractivity contribution in [3.63, 3.8) is 0 Å². The summed E-state index contributed by atoms with van der Waals surface area (Å²) in [6.45, 7) is 2.87. The number of hydrogen-bond donors (Lipinski definition) is 1. The number of sulfonamides is 1. The van der Waals surface area contributed by atoms with Crippen molar-refractivity contribution in [1.29, 1.82) is 0 Å². The first-order valence-electron chi connectivity index (χ1n) is 6.98. The highest BCUT2D eigenvalue weighted by atomic mass is 32.2. The van der Waals surface area contributed by atoms with E-state index in [2.05, 4.69) is 4.72 Å². The molecule has 1 aliphatic rings. The highest BCUT2D eigenvalue weighted by Gasteiger charge is 2.16. The van der Waals surface area contributed by atoms with E-state index in [4.69, 9.17) is 9.47 Å². The van der Waals surface area contributed by atoms with E-state index in [-0.39, 0.29) is 5.75 Å². The molecule has 0 spiro atoms. The number of nitrogens with one attached hydrogen (secondary N) is 1. The van der Waals surface area contributed by atoms with Crippen molar-refractivity contribution >= 4 is 15.7 Å². The fourth-order valence-electron chi connectivity index (χ4n) is 2.30. The predicted molar refractivity (Wildman–Crippen MR) is 84.9 cm³/mol. The zero-order valence-corrected chi connectivity index (χ0v) is 13.0. The number of rotatable bonds is 4. The molecule has 22 heavy (non-hydrogen) atoms. The van der Waals surface area contributed by atoms with Gasteiger partial charge in [-0.1, -0.05) is 24.3 Å². The maximum Gasteiger partial charge on any atom is 0.236 e. The first-order chi connectivity index (χ1) is 10.5. The highest BCUT2D eigenvalue weighted by Crippen LogP contribution is 2.33. The van der Waals surface area contributed by atoms with Crippen molar-refractivity contribution in [3.8, 4) is 11.5 Å². The molecule has 0 saturated heterocycles. The fourth-order valence-corrected chi connectivity index (χ4v) is 3.59. The van der Waals surface area contributed by atoms with E-state index in [1.54, 1.807) is 18.2 Å². The number of anilines is 1. The molecule has 1 aliphatic heterocycles. The average molecular weight is 319 g/mol. The van der Waals surface area contributed by atoms with Crippen molar-refractivity contribution in [2.75, 3.05) is 17.9 Å². The van der Waals surface area contributed by atoms with Gasteiger partial charge < -0.3 is 9.47 Å². The van der Waals surface area contributed by atoms with Crippen molar-refractivity contribution in [1.82, 2.24) is 0 Å². The second-order valence-corrected chi connectivity index (χ2v) is 6.87. The molecule has 1 N–H and O–H groups in total. The molecule has 1 heterocycles. The van der Waals surface area contributed by atoms with Gasteiger partial charge in [0.25, 0.3) is 0 Å². The summed E-state index contributed by atoms with van der Waals surface area (Å²) in [4.78, 5) is 0. The molecular formula is C16H17NO4S. The molecule has 0 fully saturated rings. The largest absolute Gasteiger partial charge is 0.486 e. The highest BCUT2D eigenvalue weighted by molar-refractivity contribution is 7.91. The Hall–Kier alpha value is -2.21. The van der Waals surface area contributed by atoms with Gasteiger partial charge in [0, 0.05) is 6.07 Å². The number of hydrogen-bond acceptors (Lipinski definition) is 4. The van der Waals surface area contributed by atoms with Gasteiger partial charge in [0.15, 0.2) is 11.5 Å². The Balaban J connectivity index is 1.78. The molecule has 2 aromatic carbocycles. The second kappa shape index (κ2) is 5.88. The summed E-state index contributed by atoms with van der Waals surface area (Å²) < 4.78 is 38.1. The van der Waals surface area contributed by atoms with Gasteiger partial charge in [0.1, 0.15) is 13.2 Å². The Morgan fingerprint density at radius 2 is 1.77 bits per heavy atom. The molecule has 0 bridgehead atoms. The standard InChI is InChI=1S/C16H17NO4S/c1-12-4-2-3-5-13(12)11-22(18,19)17-14-6-7-15-16(10-14)21-9-8-20-15/h2-7,10,17H,8-9,11H2,1H3. The molecule has 0 amide bonds. The van der Waals surface area contributed by atoms with E-state index in [9.17, 15) is 8.42 Å². The van der Waals surface area contributed by atoms with Crippen LogP contribution in [0.4, 0.5) is 5.69 Å². The van der Waals surface area contributed by atoms with Crippen LogP contribution in [0.3, 0.4) is 0 Å². The summed E-state index contributed by atoms with van der Waals surface area (Å²) in [5.74, 6) is 1.13. The molecule has 0 aliphatic carbocycles. The summed E-state index contributed by atoms with van der Waals surface area (Å²) in [6, 6.07) is 12.5. The third-order valence-electron chi connectivity index (χ3n) is 3.42. The van der Waals surface area contributed by atoms with Crippen LogP contribution in [-0.2, 0) is 15.8 Å². The Labute approximate surface area is 129 Å². The third-order valence-corrected chi connectivity index (χ3v) is 4.66. The Morgan fingerprint density at radius 3 is 2.55 bits per heavy atom. The number of fused-ring (bicyclic) bond motifs is 1. The van der Waals surface area contributed by atoms with Crippen molar-refractivity contribution < 1.29 is 17.9 Å². The topological polar surface area (TPSA) is 64.6 Å². The van der Waals surface area contributed by atoms with Gasteiger partial charge in [-0.15, -0.1) is 0 Å². The fraction of sp³-hybridized carbons (Fsp3) is 0.250. The normalized spacial score (nSPS) is 13.7. The number of benzene rings is 2. The minimum atomic E-state index is -3.48. The third kappa shape index (κ3) is 3.33. The van der Waals surface area contributed by atoms with Crippen LogP contribution in [0.1, 0.15) is 11.1 Å². The van der Waals surface area contributed by atoms with Gasteiger partial charge in [0.05, 0.1) is 11.4 Å². The van der Waals surface area contributed by atoms with Crippen LogP contribution < -0.4 is 14.2 Å². The van der Waals surface area contributed by atoms with Crippen LogP contribution in [-0.4, -0.2) is 21.6 Å². The van der Waals surface area contributed by atoms with E-state index in [1.165, 1.54) is 0 Å². The van der Waals surface area contributed by atoms with Gasteiger partial charge >= 0.3 is 0 Å². The molecule has 2 aromatic rings. The molecule has 6 heteroatoms. The summed E-state index contributed by atoms with van der Waals surface area (Å²) in [7, 11) is -3.48. The van der Waals surface area contributed by atoms with Gasteiger partial charge in [-0.2, -0.15) is 0 Å². The van der Waals surface area contributed by atoms with E-state index in [0.717, 1.165) is 11.1 Å². The number of ether oxygens (including phenoxy) is 2. The van der Waals surface area contributed by atoms with Crippen molar-refractivity contribution in [2.24, 2.45) is 0 Å². The molecule has 0 saturated carbocycles. The van der Waals surface area contributed by atoms with Crippen molar-refractivity contribution in [2.45, 2.75) is 12.7 Å². The van der Waals surface area contributed by atoms with Crippen LogP contribution in [0.15, 0.2) is 42.5 Å².